The average molecular weight is 364 g/mol. The van der Waals surface area contributed by atoms with Gasteiger partial charge in [-0.3, -0.25) is 9.59 Å². The fourth-order valence-corrected chi connectivity index (χ4v) is 3.82. The Bertz CT molecular complexity index is 609. The van der Waals surface area contributed by atoms with Gasteiger partial charge in [0.15, 0.2) is 0 Å². The van der Waals surface area contributed by atoms with Gasteiger partial charge in [-0.05, 0) is 16.7 Å². The molecule has 142 valence electrons. The number of nitrogens with one attached hydrogen (secondary N) is 1. The van der Waals surface area contributed by atoms with Gasteiger partial charge in [-0.15, -0.1) is 0 Å². The lowest BCUT2D eigenvalue weighted by Crippen LogP contribution is -2.59. The molecule has 2 rings (SSSR count). The van der Waals surface area contributed by atoms with Crippen molar-refractivity contribution < 1.29 is 32.7 Å². The van der Waals surface area contributed by atoms with Crippen LogP contribution >= 0.6 is 0 Å². The highest BCUT2D eigenvalue weighted by Crippen LogP contribution is 2.65. The standard InChI is InChI=1S/C16H23F3N2O4/c1-14(2,3)10(20-13(25)16(17,18)19)11(22)21-6-7-8(15(7,4)5)9(21)12(23)24/h7-10H,6H2,1-5H3,(H,20,25)(H,23,24)/t7-,8-,9+,10-/m0/s1. The van der Waals surface area contributed by atoms with E-state index in [-0.39, 0.29) is 23.8 Å². The third-order valence-electron chi connectivity index (χ3n) is 5.39. The number of amides is 2. The lowest BCUT2D eigenvalue weighted by molar-refractivity contribution is -0.176. The zero-order chi connectivity index (χ0) is 19.5. The van der Waals surface area contributed by atoms with Crippen LogP contribution in [0.1, 0.15) is 34.6 Å². The van der Waals surface area contributed by atoms with E-state index >= 15 is 0 Å². The molecule has 4 atom stereocenters. The second-order valence-corrected chi connectivity index (χ2v) is 8.50. The Kier molecular flexibility index (Phi) is 4.38. The molecule has 2 N–H and O–H groups in total. The number of alkyl halides is 3. The van der Waals surface area contributed by atoms with Crippen LogP contribution in [0.3, 0.4) is 0 Å². The summed E-state index contributed by atoms with van der Waals surface area (Å²) in [6.07, 6.45) is -5.12. The van der Waals surface area contributed by atoms with Crippen molar-refractivity contribution in [3.8, 4) is 0 Å². The quantitative estimate of drug-likeness (QED) is 0.797. The third kappa shape index (κ3) is 3.32. The molecule has 1 saturated carbocycles. The van der Waals surface area contributed by atoms with Crippen LogP contribution in [0, 0.1) is 22.7 Å². The highest BCUT2D eigenvalue weighted by atomic mass is 19.4. The van der Waals surface area contributed by atoms with Crippen molar-refractivity contribution in [3.63, 3.8) is 0 Å². The van der Waals surface area contributed by atoms with E-state index in [2.05, 4.69) is 0 Å². The van der Waals surface area contributed by atoms with E-state index < -0.39 is 41.5 Å². The number of fused-ring (bicyclic) bond motifs is 1. The minimum absolute atomic E-state index is 0.00325. The molecule has 1 heterocycles. The Hall–Kier alpha value is -1.80. The van der Waals surface area contributed by atoms with Crippen LogP contribution in [0.2, 0.25) is 0 Å². The van der Waals surface area contributed by atoms with Gasteiger partial charge in [-0.1, -0.05) is 34.6 Å². The molecular formula is C16H23F3N2O4. The summed E-state index contributed by atoms with van der Waals surface area (Å²) in [6, 6.07) is -2.55. The summed E-state index contributed by atoms with van der Waals surface area (Å²) in [5.41, 5.74) is -1.23. The Balaban J connectivity index is 2.26. The van der Waals surface area contributed by atoms with Gasteiger partial charge in [0.05, 0.1) is 0 Å². The second kappa shape index (κ2) is 5.60. The Morgan fingerprint density at radius 3 is 2.12 bits per heavy atom. The van der Waals surface area contributed by atoms with Gasteiger partial charge in [-0.25, -0.2) is 4.79 Å². The van der Waals surface area contributed by atoms with Crippen molar-refractivity contribution in [1.82, 2.24) is 10.2 Å². The first-order valence-corrected chi connectivity index (χ1v) is 8.01. The minimum atomic E-state index is -5.12. The topological polar surface area (TPSA) is 86.7 Å². The number of halogens is 3. The van der Waals surface area contributed by atoms with Crippen molar-refractivity contribution in [2.75, 3.05) is 6.54 Å². The minimum Gasteiger partial charge on any atom is -0.480 e. The molecular weight excluding hydrogens is 341 g/mol. The maximum absolute atomic E-state index is 12.8. The number of carbonyl (C=O) groups excluding carboxylic acids is 2. The molecule has 9 heteroatoms. The average Bonchev–Trinajstić information content (AvgIpc) is 2.82. The van der Waals surface area contributed by atoms with Crippen molar-refractivity contribution in [2.45, 2.75) is 52.9 Å². The van der Waals surface area contributed by atoms with Crippen molar-refractivity contribution in [2.24, 2.45) is 22.7 Å². The molecule has 0 spiro atoms. The van der Waals surface area contributed by atoms with E-state index in [0.29, 0.717) is 0 Å². The smallest absolute Gasteiger partial charge is 0.471 e. The van der Waals surface area contributed by atoms with Crippen LogP contribution in [0.15, 0.2) is 0 Å². The third-order valence-corrected chi connectivity index (χ3v) is 5.39. The first-order valence-electron chi connectivity index (χ1n) is 8.01. The number of rotatable bonds is 3. The molecule has 0 bridgehead atoms. The molecule has 1 aliphatic heterocycles. The Morgan fingerprint density at radius 1 is 1.20 bits per heavy atom. The van der Waals surface area contributed by atoms with Crippen LogP contribution in [0.5, 0.6) is 0 Å². The van der Waals surface area contributed by atoms with Crippen LogP contribution in [-0.2, 0) is 14.4 Å². The van der Waals surface area contributed by atoms with Crippen LogP contribution < -0.4 is 5.32 Å². The van der Waals surface area contributed by atoms with Gasteiger partial charge in [-0.2, -0.15) is 13.2 Å². The van der Waals surface area contributed by atoms with Gasteiger partial charge in [0.2, 0.25) is 5.91 Å². The molecule has 0 aromatic carbocycles. The molecule has 1 aliphatic carbocycles. The maximum Gasteiger partial charge on any atom is 0.471 e. The first-order chi connectivity index (χ1) is 11.1. The molecule has 0 unspecified atom stereocenters. The van der Waals surface area contributed by atoms with Crippen molar-refractivity contribution in [1.29, 1.82) is 0 Å². The monoisotopic (exact) mass is 364 g/mol. The summed E-state index contributed by atoms with van der Waals surface area (Å²) in [5, 5.41) is 11.2. The molecule has 2 amide bonds. The number of carboxylic acids is 1. The largest absolute Gasteiger partial charge is 0.480 e. The number of nitrogens with zero attached hydrogens (tertiary/aromatic N) is 1. The summed E-state index contributed by atoms with van der Waals surface area (Å²) in [4.78, 5) is 36.9. The van der Waals surface area contributed by atoms with Crippen molar-refractivity contribution in [3.05, 3.63) is 0 Å². The number of hydrogen-bond acceptors (Lipinski definition) is 3. The summed E-state index contributed by atoms with van der Waals surface area (Å²) in [6.45, 7) is 8.54. The zero-order valence-corrected chi connectivity index (χ0v) is 14.8. The molecule has 25 heavy (non-hydrogen) atoms. The van der Waals surface area contributed by atoms with Crippen molar-refractivity contribution >= 4 is 17.8 Å². The number of carboxylic acid groups (broad SMARTS) is 1. The number of aliphatic carboxylic acids is 1. The molecule has 2 aliphatic rings. The van der Waals surface area contributed by atoms with Crippen LogP contribution in [0.4, 0.5) is 13.2 Å². The van der Waals surface area contributed by atoms with Crippen LogP contribution in [-0.4, -0.2) is 52.6 Å². The van der Waals surface area contributed by atoms with E-state index in [1.807, 2.05) is 13.8 Å². The number of hydrogen-bond donors (Lipinski definition) is 2. The van der Waals surface area contributed by atoms with E-state index in [1.165, 1.54) is 20.8 Å². The molecule has 2 fully saturated rings. The molecule has 0 aromatic heterocycles. The van der Waals surface area contributed by atoms with Crippen LogP contribution in [0.25, 0.3) is 0 Å². The summed E-state index contributed by atoms with van der Waals surface area (Å²) >= 11 is 0. The second-order valence-electron chi connectivity index (χ2n) is 8.50. The molecule has 6 nitrogen and oxygen atoms in total. The lowest BCUT2D eigenvalue weighted by Gasteiger charge is -2.36. The molecule has 1 saturated heterocycles. The highest BCUT2D eigenvalue weighted by molar-refractivity contribution is 5.93. The van der Waals surface area contributed by atoms with Gasteiger partial charge >= 0.3 is 18.1 Å². The van der Waals surface area contributed by atoms with E-state index in [4.69, 9.17) is 0 Å². The van der Waals surface area contributed by atoms with E-state index in [1.54, 1.807) is 5.32 Å². The summed E-state index contributed by atoms with van der Waals surface area (Å²) in [7, 11) is 0. The molecule has 0 aromatic rings. The summed E-state index contributed by atoms with van der Waals surface area (Å²) in [5.74, 6) is -4.41. The highest BCUT2D eigenvalue weighted by Gasteiger charge is 2.70. The predicted octanol–water partition coefficient (Wildman–Crippen LogP) is 1.65. The number of piperidine rings is 1. The van der Waals surface area contributed by atoms with E-state index in [0.717, 1.165) is 4.90 Å². The Labute approximate surface area is 143 Å². The van der Waals surface area contributed by atoms with Gasteiger partial charge in [0.1, 0.15) is 12.1 Å². The fraction of sp³-hybridized carbons (Fsp3) is 0.812. The van der Waals surface area contributed by atoms with Gasteiger partial charge in [0.25, 0.3) is 0 Å². The van der Waals surface area contributed by atoms with E-state index in [9.17, 15) is 32.7 Å². The number of carbonyl (C=O) groups is 3. The molecule has 0 radical (unpaired) electrons. The van der Waals surface area contributed by atoms with Gasteiger partial charge < -0.3 is 15.3 Å². The fourth-order valence-electron chi connectivity index (χ4n) is 3.82. The maximum atomic E-state index is 12.8. The zero-order valence-electron chi connectivity index (χ0n) is 14.8. The Morgan fingerprint density at radius 2 is 1.72 bits per heavy atom. The summed E-state index contributed by atoms with van der Waals surface area (Å²) < 4.78 is 37.7. The normalized spacial score (nSPS) is 29.0. The lowest BCUT2D eigenvalue weighted by atomic mass is 9.85. The number of likely N-dealkylation sites (tertiary alicyclic amines) is 1. The van der Waals surface area contributed by atoms with Gasteiger partial charge in [0, 0.05) is 12.5 Å². The SMILES string of the molecule is CC(C)(C)[C@@H](NC(=O)C(F)(F)F)C(=O)N1C[C@H]2[C@@H]([C@@H]1C(=O)O)C2(C)C. The first kappa shape index (κ1) is 19.5. The predicted molar refractivity (Wildman–Crippen MR) is 81.3 cm³/mol.